The van der Waals surface area contributed by atoms with Crippen LogP contribution >= 0.6 is 11.6 Å². The third-order valence-corrected chi connectivity index (χ3v) is 5.06. The zero-order valence-electron chi connectivity index (χ0n) is 13.0. The number of benzene rings is 1. The van der Waals surface area contributed by atoms with Crippen LogP contribution in [0.15, 0.2) is 34.2 Å². The molecule has 0 bridgehead atoms. The molecule has 0 amide bonds. The number of fused-ring (bicyclic) bond motifs is 1. The molecule has 3 aromatic rings. The highest BCUT2D eigenvalue weighted by Crippen LogP contribution is 2.19. The number of rotatable bonds is 5. The molecule has 3 rings (SSSR count). The van der Waals surface area contributed by atoms with Crippen LogP contribution in [-0.4, -0.2) is 29.8 Å². The smallest absolute Gasteiger partial charge is 0.346 e. The Morgan fingerprint density at radius 2 is 2.21 bits per heavy atom. The highest BCUT2D eigenvalue weighted by molar-refractivity contribution is 7.91. The average Bonchev–Trinajstić information content (AvgIpc) is 2.85. The number of halogens is 1. The SMILES string of the molecule is CCC[S+]([O-])c1nc(N)c2[nH]c(=O)n(Cc3cccc(Cl)c3)c2n1. The molecule has 1 atom stereocenters. The molecule has 126 valence electrons. The fourth-order valence-electron chi connectivity index (χ4n) is 2.37. The molecule has 3 N–H and O–H groups in total. The van der Waals surface area contributed by atoms with Crippen molar-refractivity contribution in [3.63, 3.8) is 0 Å². The Morgan fingerprint density at radius 3 is 2.92 bits per heavy atom. The molecule has 1 aromatic carbocycles. The lowest BCUT2D eigenvalue weighted by Crippen LogP contribution is -2.18. The Kier molecular flexibility index (Phi) is 4.79. The molecule has 0 fully saturated rings. The zero-order valence-corrected chi connectivity index (χ0v) is 14.5. The van der Waals surface area contributed by atoms with Crippen LogP contribution in [-0.2, 0) is 17.7 Å². The Bertz CT molecular complexity index is 939. The van der Waals surface area contributed by atoms with Crippen molar-refractivity contribution < 1.29 is 4.55 Å². The lowest BCUT2D eigenvalue weighted by atomic mass is 10.2. The first-order valence-electron chi connectivity index (χ1n) is 7.38. The van der Waals surface area contributed by atoms with Crippen molar-refractivity contribution in [3.8, 4) is 0 Å². The van der Waals surface area contributed by atoms with Crippen LogP contribution in [0.2, 0.25) is 5.02 Å². The number of imidazole rings is 1. The fraction of sp³-hybridized carbons (Fsp3) is 0.267. The molecular weight excluding hydrogens is 350 g/mol. The standard InChI is InChI=1S/C15H16ClN5O2S/c1-2-6-24(23)14-19-12(17)11-13(20-14)21(15(22)18-11)8-9-4-3-5-10(16)7-9/h3-5,7H,2,6,8H2,1H3,(H,18,22)(H2,17,19,20). The monoisotopic (exact) mass is 365 g/mol. The Labute approximate surface area is 146 Å². The highest BCUT2D eigenvalue weighted by atomic mass is 35.5. The summed E-state index contributed by atoms with van der Waals surface area (Å²) in [6, 6.07) is 7.20. The molecule has 7 nitrogen and oxygen atoms in total. The van der Waals surface area contributed by atoms with Gasteiger partial charge >= 0.3 is 10.8 Å². The van der Waals surface area contributed by atoms with E-state index in [0.29, 0.717) is 21.9 Å². The Morgan fingerprint density at radius 1 is 1.42 bits per heavy atom. The number of aromatic nitrogens is 4. The van der Waals surface area contributed by atoms with Gasteiger partial charge in [0.2, 0.25) is 0 Å². The van der Waals surface area contributed by atoms with E-state index in [1.807, 2.05) is 19.1 Å². The van der Waals surface area contributed by atoms with Gasteiger partial charge in [-0.25, -0.2) is 4.79 Å². The van der Waals surface area contributed by atoms with E-state index in [0.717, 1.165) is 12.0 Å². The number of nitrogen functional groups attached to an aromatic ring is 1. The average molecular weight is 366 g/mol. The van der Waals surface area contributed by atoms with Gasteiger partial charge in [0.25, 0.3) is 0 Å². The van der Waals surface area contributed by atoms with E-state index in [-0.39, 0.29) is 23.2 Å². The molecule has 2 heterocycles. The van der Waals surface area contributed by atoms with Gasteiger partial charge in [-0.1, -0.05) is 30.7 Å². The van der Waals surface area contributed by atoms with E-state index >= 15 is 0 Å². The van der Waals surface area contributed by atoms with E-state index in [9.17, 15) is 9.35 Å². The maximum Gasteiger partial charge on any atom is 0.346 e. The third kappa shape index (κ3) is 3.26. The summed E-state index contributed by atoms with van der Waals surface area (Å²) in [7, 11) is 0. The molecule has 0 saturated heterocycles. The number of aromatic amines is 1. The summed E-state index contributed by atoms with van der Waals surface area (Å²) in [4.78, 5) is 23.3. The van der Waals surface area contributed by atoms with Crippen LogP contribution in [0, 0.1) is 0 Å². The summed E-state index contributed by atoms with van der Waals surface area (Å²) in [5, 5.41) is 0.722. The van der Waals surface area contributed by atoms with Gasteiger partial charge in [-0.15, -0.1) is 0 Å². The van der Waals surface area contributed by atoms with E-state index in [1.165, 1.54) is 4.57 Å². The van der Waals surface area contributed by atoms with Gasteiger partial charge < -0.3 is 15.3 Å². The summed E-state index contributed by atoms with van der Waals surface area (Å²) in [6.07, 6.45) is 0.733. The van der Waals surface area contributed by atoms with E-state index in [4.69, 9.17) is 17.3 Å². The topological polar surface area (TPSA) is 113 Å². The lowest BCUT2D eigenvalue weighted by Gasteiger charge is -2.08. The summed E-state index contributed by atoms with van der Waals surface area (Å²) in [5.41, 5.74) is 7.08. The van der Waals surface area contributed by atoms with Crippen molar-refractivity contribution in [2.24, 2.45) is 0 Å². The molecular formula is C15H16ClN5O2S. The first-order valence-corrected chi connectivity index (χ1v) is 9.08. The largest absolute Gasteiger partial charge is 0.609 e. The van der Waals surface area contributed by atoms with Gasteiger partial charge in [0, 0.05) is 16.2 Å². The number of nitrogens with one attached hydrogen (secondary N) is 1. The summed E-state index contributed by atoms with van der Waals surface area (Å²) in [6.45, 7) is 2.20. The Hall–Kier alpha value is -2.03. The summed E-state index contributed by atoms with van der Waals surface area (Å²) >= 11 is 4.64. The third-order valence-electron chi connectivity index (χ3n) is 3.45. The van der Waals surface area contributed by atoms with Gasteiger partial charge in [0.15, 0.2) is 11.5 Å². The van der Waals surface area contributed by atoms with Crippen molar-refractivity contribution in [1.29, 1.82) is 0 Å². The van der Waals surface area contributed by atoms with Crippen molar-refractivity contribution in [2.45, 2.75) is 25.0 Å². The number of hydrogen-bond donors (Lipinski definition) is 2. The molecule has 0 aliphatic heterocycles. The molecule has 24 heavy (non-hydrogen) atoms. The van der Waals surface area contributed by atoms with Gasteiger partial charge in [0.1, 0.15) is 11.3 Å². The maximum absolute atomic E-state index is 12.3. The van der Waals surface area contributed by atoms with Gasteiger partial charge in [-0.2, -0.15) is 9.97 Å². The predicted octanol–water partition coefficient (Wildman–Crippen LogP) is 1.92. The first kappa shape index (κ1) is 16.8. The molecule has 0 saturated carbocycles. The predicted molar refractivity (Wildman–Crippen MR) is 94.7 cm³/mol. The molecule has 0 spiro atoms. The molecule has 0 aliphatic carbocycles. The zero-order chi connectivity index (χ0) is 17.3. The van der Waals surface area contributed by atoms with E-state index < -0.39 is 11.2 Å². The normalized spacial score (nSPS) is 12.6. The minimum absolute atomic E-state index is 0.112. The Balaban J connectivity index is 2.10. The van der Waals surface area contributed by atoms with Crippen molar-refractivity contribution in [3.05, 3.63) is 45.3 Å². The van der Waals surface area contributed by atoms with Gasteiger partial charge in [0.05, 0.1) is 6.54 Å². The number of nitrogens with two attached hydrogens (primary N) is 1. The van der Waals surface area contributed by atoms with Gasteiger partial charge in [-0.3, -0.25) is 4.57 Å². The fourth-order valence-corrected chi connectivity index (χ4v) is 3.53. The maximum atomic E-state index is 12.3. The minimum Gasteiger partial charge on any atom is -0.609 e. The van der Waals surface area contributed by atoms with Crippen molar-refractivity contribution in [1.82, 2.24) is 19.5 Å². The highest BCUT2D eigenvalue weighted by Gasteiger charge is 2.20. The van der Waals surface area contributed by atoms with E-state index in [2.05, 4.69) is 15.0 Å². The second kappa shape index (κ2) is 6.84. The summed E-state index contributed by atoms with van der Waals surface area (Å²) < 4.78 is 13.6. The van der Waals surface area contributed by atoms with Crippen LogP contribution < -0.4 is 11.4 Å². The number of H-pyrrole nitrogens is 1. The van der Waals surface area contributed by atoms with E-state index in [1.54, 1.807) is 12.1 Å². The van der Waals surface area contributed by atoms with Crippen LogP contribution in [0.3, 0.4) is 0 Å². The van der Waals surface area contributed by atoms with Crippen LogP contribution in [0.25, 0.3) is 11.2 Å². The second-order valence-electron chi connectivity index (χ2n) is 5.29. The van der Waals surface area contributed by atoms with Crippen molar-refractivity contribution in [2.75, 3.05) is 11.5 Å². The second-order valence-corrected chi connectivity index (χ2v) is 7.19. The minimum atomic E-state index is -1.35. The molecule has 9 heteroatoms. The van der Waals surface area contributed by atoms with Crippen molar-refractivity contribution >= 4 is 39.8 Å². The van der Waals surface area contributed by atoms with Crippen LogP contribution in [0.1, 0.15) is 18.9 Å². The quantitative estimate of drug-likeness (QED) is 0.529. The van der Waals surface area contributed by atoms with Crippen LogP contribution in [0.5, 0.6) is 0 Å². The first-order chi connectivity index (χ1) is 11.5. The van der Waals surface area contributed by atoms with Gasteiger partial charge in [-0.05, 0) is 24.1 Å². The molecule has 2 aromatic heterocycles. The number of nitrogens with zero attached hydrogens (tertiary/aromatic N) is 3. The van der Waals surface area contributed by atoms with Crippen LogP contribution in [0.4, 0.5) is 5.82 Å². The molecule has 0 aliphatic rings. The lowest BCUT2D eigenvalue weighted by molar-refractivity contribution is 0.585. The molecule has 0 radical (unpaired) electrons. The number of anilines is 1. The number of hydrogen-bond acceptors (Lipinski definition) is 5. The molecule has 1 unspecified atom stereocenters. The summed E-state index contributed by atoms with van der Waals surface area (Å²) in [5.74, 6) is 0.551.